The van der Waals surface area contributed by atoms with E-state index >= 15 is 0 Å². The standard InChI is InChI=1S/C58H114N12/c1-35(2)63(36(3)4)55(64(37(5)6)38(7)8)59-51-33-53(61-57(67(43(17)18)44(19)20)68(45(21)22)46(23)24)54(62-58(69(47(25)26)48(27)28)70(49(29)30)50(31)32)34-52(51)60-56(65(39(9)10)40(11)12)66(41(13)14)42(15)16/h33-50H,1-32H3. The summed E-state index contributed by atoms with van der Waals surface area (Å²) in [6.45, 7) is 73.0. The summed E-state index contributed by atoms with van der Waals surface area (Å²) in [6, 6.07) is 7.31. The first kappa shape index (κ1) is 64.3. The van der Waals surface area contributed by atoms with Crippen molar-refractivity contribution in [2.45, 2.75) is 318 Å². The van der Waals surface area contributed by atoms with Gasteiger partial charge in [-0.3, -0.25) is 0 Å². The highest BCUT2D eigenvalue weighted by atomic mass is 15.4. The predicted octanol–water partition coefficient (Wildman–Crippen LogP) is 14.6. The van der Waals surface area contributed by atoms with E-state index in [0.717, 1.165) is 46.6 Å². The Labute approximate surface area is 434 Å². The highest BCUT2D eigenvalue weighted by Gasteiger charge is 2.34. The van der Waals surface area contributed by atoms with Gasteiger partial charge in [0.1, 0.15) is 0 Å². The Balaban J connectivity index is 5.72. The molecule has 1 rings (SSSR count). The Kier molecular flexibility index (Phi) is 25.7. The molecule has 0 saturated carbocycles. The lowest BCUT2D eigenvalue weighted by molar-refractivity contribution is 0.199. The largest absolute Gasteiger partial charge is 0.338 e. The molecule has 0 fully saturated rings. The van der Waals surface area contributed by atoms with Crippen LogP contribution in [0, 0.1) is 0 Å². The maximum atomic E-state index is 5.96. The molecule has 0 aliphatic rings. The van der Waals surface area contributed by atoms with E-state index in [4.69, 9.17) is 20.0 Å². The first-order valence-corrected chi connectivity index (χ1v) is 27.8. The summed E-state index contributed by atoms with van der Waals surface area (Å²) >= 11 is 0. The van der Waals surface area contributed by atoms with E-state index < -0.39 is 0 Å². The van der Waals surface area contributed by atoms with Crippen LogP contribution in [0.1, 0.15) is 222 Å². The summed E-state index contributed by atoms with van der Waals surface area (Å²) < 4.78 is 0. The fourth-order valence-corrected chi connectivity index (χ4v) is 10.8. The van der Waals surface area contributed by atoms with Gasteiger partial charge in [-0.2, -0.15) is 0 Å². The minimum atomic E-state index is 0.180. The molecule has 406 valence electrons. The quantitative estimate of drug-likeness (QED) is 0.0945. The van der Waals surface area contributed by atoms with Gasteiger partial charge >= 0.3 is 0 Å². The average molecular weight is 980 g/mol. The van der Waals surface area contributed by atoms with Crippen LogP contribution in [0.3, 0.4) is 0 Å². The summed E-state index contributed by atoms with van der Waals surface area (Å²) in [6.07, 6.45) is 0. The third kappa shape index (κ3) is 16.7. The smallest absolute Gasteiger partial charge is 0.202 e. The number of aliphatic imine (C=N–C) groups is 4. The molecule has 0 unspecified atom stereocenters. The Morgan fingerprint density at radius 3 is 0.357 bits per heavy atom. The van der Waals surface area contributed by atoms with Crippen LogP contribution >= 0.6 is 0 Å². The molecule has 0 heterocycles. The van der Waals surface area contributed by atoms with Gasteiger partial charge in [-0.25, -0.2) is 20.0 Å². The van der Waals surface area contributed by atoms with Crippen LogP contribution in [0.15, 0.2) is 32.1 Å². The normalized spacial score (nSPS) is 12.3. The van der Waals surface area contributed by atoms with Crippen molar-refractivity contribution in [2.75, 3.05) is 0 Å². The molecule has 0 N–H and O–H groups in total. The van der Waals surface area contributed by atoms with Crippen molar-refractivity contribution in [3.63, 3.8) is 0 Å². The monoisotopic (exact) mass is 979 g/mol. The van der Waals surface area contributed by atoms with Crippen molar-refractivity contribution >= 4 is 46.6 Å². The van der Waals surface area contributed by atoms with E-state index in [1.807, 2.05) is 0 Å². The molecule has 70 heavy (non-hydrogen) atoms. The SMILES string of the molecule is CC(C)N(C(=Nc1cc(N=C(N(C(C)C)C(C)C)N(C(C)C)C(C)C)c(N=C(N(C(C)C)C(C)C)N(C(C)C)C(C)C)cc1N=C(N(C(C)C)C(C)C)N(C(C)C)C(C)C)N(C(C)C)C(C)C)C(C)C. The zero-order valence-electron chi connectivity index (χ0n) is 51.8. The van der Waals surface area contributed by atoms with Gasteiger partial charge in [0.15, 0.2) is 0 Å². The number of guanidine groups is 4. The Morgan fingerprint density at radius 2 is 0.286 bits per heavy atom. The third-order valence-electron chi connectivity index (χ3n) is 12.7. The summed E-state index contributed by atoms with van der Waals surface area (Å²) in [5, 5.41) is 0. The van der Waals surface area contributed by atoms with Gasteiger partial charge in [0.25, 0.3) is 0 Å². The van der Waals surface area contributed by atoms with Crippen LogP contribution in [-0.4, -0.2) is 160 Å². The molecule has 0 aliphatic carbocycles. The molecule has 12 heteroatoms. The second-order valence-corrected chi connectivity index (χ2v) is 24.2. The highest BCUT2D eigenvalue weighted by Crippen LogP contribution is 2.43. The van der Waals surface area contributed by atoms with Crippen LogP contribution in [0.25, 0.3) is 0 Å². The molecule has 0 bridgehead atoms. The molecule has 0 radical (unpaired) electrons. The predicted molar refractivity (Wildman–Crippen MR) is 312 cm³/mol. The number of rotatable bonds is 20. The maximum Gasteiger partial charge on any atom is 0.202 e. The van der Waals surface area contributed by atoms with Crippen molar-refractivity contribution in [1.29, 1.82) is 0 Å². The van der Waals surface area contributed by atoms with E-state index in [9.17, 15) is 0 Å². The number of hydrogen-bond acceptors (Lipinski definition) is 4. The molecule has 1 aromatic carbocycles. The Morgan fingerprint density at radius 1 is 0.200 bits per heavy atom. The zero-order valence-corrected chi connectivity index (χ0v) is 51.8. The molecule has 12 nitrogen and oxygen atoms in total. The molecule has 0 saturated heterocycles. The van der Waals surface area contributed by atoms with E-state index in [1.165, 1.54) is 0 Å². The van der Waals surface area contributed by atoms with Crippen LogP contribution in [0.2, 0.25) is 0 Å². The molecule has 0 amide bonds. The molecule has 0 aromatic heterocycles. The fourth-order valence-electron chi connectivity index (χ4n) is 10.8. The van der Waals surface area contributed by atoms with Gasteiger partial charge < -0.3 is 39.2 Å². The van der Waals surface area contributed by atoms with Gasteiger partial charge in [-0.15, -0.1) is 0 Å². The van der Waals surface area contributed by atoms with Gasteiger partial charge in [0.05, 0.1) is 22.7 Å². The molecule has 0 aliphatic heterocycles. The summed E-state index contributed by atoms with van der Waals surface area (Å²) in [7, 11) is 0. The highest BCUT2D eigenvalue weighted by molar-refractivity contribution is 5.95. The van der Waals surface area contributed by atoms with Gasteiger partial charge in [0.2, 0.25) is 23.8 Å². The van der Waals surface area contributed by atoms with Gasteiger partial charge in [-0.05, 0) is 234 Å². The van der Waals surface area contributed by atoms with E-state index in [1.54, 1.807) is 0 Å². The van der Waals surface area contributed by atoms with Crippen molar-refractivity contribution in [1.82, 2.24) is 39.2 Å². The zero-order chi connectivity index (χ0) is 54.7. The lowest BCUT2D eigenvalue weighted by atomic mass is 10.1. The Bertz CT molecular complexity index is 1420. The minimum absolute atomic E-state index is 0.180. The van der Waals surface area contributed by atoms with E-state index in [2.05, 4.69) is 273 Å². The van der Waals surface area contributed by atoms with Gasteiger partial charge in [-0.1, -0.05) is 0 Å². The van der Waals surface area contributed by atoms with Crippen LogP contribution in [-0.2, 0) is 0 Å². The average Bonchev–Trinajstić information content (AvgIpc) is 3.13. The van der Waals surface area contributed by atoms with Crippen LogP contribution in [0.5, 0.6) is 0 Å². The minimum Gasteiger partial charge on any atom is -0.338 e. The number of nitrogens with zero attached hydrogens (tertiary/aromatic N) is 12. The van der Waals surface area contributed by atoms with Crippen molar-refractivity contribution < 1.29 is 0 Å². The molecule has 1 aromatic rings. The second kappa shape index (κ2) is 27.9. The van der Waals surface area contributed by atoms with E-state index in [-0.39, 0.29) is 96.7 Å². The van der Waals surface area contributed by atoms with Crippen LogP contribution in [0.4, 0.5) is 22.7 Å². The molecule has 0 spiro atoms. The third-order valence-corrected chi connectivity index (χ3v) is 12.7. The number of benzene rings is 1. The fraction of sp³-hybridized carbons (Fsp3) is 0.828. The van der Waals surface area contributed by atoms with Gasteiger partial charge in [0, 0.05) is 96.7 Å². The first-order chi connectivity index (χ1) is 32.0. The van der Waals surface area contributed by atoms with Crippen molar-refractivity contribution in [3.8, 4) is 0 Å². The van der Waals surface area contributed by atoms with E-state index in [0.29, 0.717) is 0 Å². The van der Waals surface area contributed by atoms with Crippen molar-refractivity contribution in [3.05, 3.63) is 12.1 Å². The lowest BCUT2D eigenvalue weighted by Gasteiger charge is -2.44. The van der Waals surface area contributed by atoms with Crippen molar-refractivity contribution in [2.24, 2.45) is 20.0 Å². The summed E-state index contributed by atoms with van der Waals surface area (Å²) in [5.74, 6) is 3.73. The lowest BCUT2D eigenvalue weighted by Crippen LogP contribution is -2.55. The molecule has 0 atom stereocenters. The first-order valence-electron chi connectivity index (χ1n) is 27.8. The van der Waals surface area contributed by atoms with Crippen LogP contribution < -0.4 is 0 Å². The Hall–Kier alpha value is -3.70. The molecular formula is C58H114N12. The summed E-state index contributed by atoms with van der Waals surface area (Å²) in [4.78, 5) is 43.6. The second-order valence-electron chi connectivity index (χ2n) is 24.2. The number of hydrogen-bond donors (Lipinski definition) is 0. The molecular weight excluding hydrogens is 865 g/mol. The topological polar surface area (TPSA) is 75.4 Å². The maximum absolute atomic E-state index is 5.96. The summed E-state index contributed by atoms with van der Waals surface area (Å²) in [5.41, 5.74) is 3.05.